The van der Waals surface area contributed by atoms with E-state index in [0.29, 0.717) is 0 Å². The average molecular weight is 264 g/mol. The second-order valence-electron chi connectivity index (χ2n) is 6.63. The van der Waals surface area contributed by atoms with Gasteiger partial charge in [0.05, 0.1) is 11.6 Å². The molecule has 1 spiro atoms. The monoisotopic (exact) mass is 264 g/mol. The fraction of sp³-hybridized carbons (Fsp3) is 0.714. The molecule has 0 bridgehead atoms. The van der Waals surface area contributed by atoms with Crippen molar-refractivity contribution in [3.05, 3.63) is 17.5 Å². The number of nitrogens with zero attached hydrogens (tertiary/aromatic N) is 2. The lowest BCUT2D eigenvalue weighted by Gasteiger charge is -2.26. The normalized spacial score (nSPS) is 24.9. The lowest BCUT2D eigenvalue weighted by Crippen LogP contribution is -2.28. The minimum Gasteiger partial charge on any atom is -0.476 e. The highest BCUT2D eigenvalue weighted by Gasteiger charge is 2.56. The Balaban J connectivity index is 2.06. The summed E-state index contributed by atoms with van der Waals surface area (Å²) in [5, 5.41) is 13.5. The number of carboxylic acids is 1. The lowest BCUT2D eigenvalue weighted by molar-refractivity contribution is 0.0644. The fourth-order valence-electron chi connectivity index (χ4n) is 2.98. The van der Waals surface area contributed by atoms with E-state index >= 15 is 0 Å². The summed E-state index contributed by atoms with van der Waals surface area (Å²) >= 11 is 0. The zero-order chi connectivity index (χ0) is 13.8. The number of aromatic nitrogens is 2. The number of carboxylic acid groups (broad SMARTS) is 1. The molecule has 19 heavy (non-hydrogen) atoms. The van der Waals surface area contributed by atoms with Gasteiger partial charge < -0.3 is 9.84 Å². The van der Waals surface area contributed by atoms with Crippen LogP contribution in [0.2, 0.25) is 0 Å². The van der Waals surface area contributed by atoms with Gasteiger partial charge in [-0.2, -0.15) is 5.10 Å². The summed E-state index contributed by atoms with van der Waals surface area (Å²) in [6.45, 7) is 7.00. The van der Waals surface area contributed by atoms with Crippen LogP contribution in [0.1, 0.15) is 62.3 Å². The number of hydrogen-bond acceptors (Lipinski definition) is 3. The Morgan fingerprint density at radius 3 is 2.74 bits per heavy atom. The molecule has 1 unspecified atom stereocenters. The van der Waals surface area contributed by atoms with Crippen molar-refractivity contribution in [2.45, 2.75) is 57.1 Å². The number of aromatic carboxylic acids is 1. The van der Waals surface area contributed by atoms with Crippen molar-refractivity contribution in [2.24, 2.45) is 0 Å². The Morgan fingerprint density at radius 1 is 1.53 bits per heavy atom. The van der Waals surface area contributed by atoms with E-state index in [9.17, 15) is 4.79 Å². The van der Waals surface area contributed by atoms with Crippen LogP contribution in [0, 0.1) is 0 Å². The summed E-state index contributed by atoms with van der Waals surface area (Å²) in [7, 11) is 0. The zero-order valence-electron chi connectivity index (χ0n) is 11.6. The molecule has 1 aliphatic heterocycles. The van der Waals surface area contributed by atoms with Crippen LogP contribution in [0.5, 0.6) is 0 Å². The van der Waals surface area contributed by atoms with Crippen LogP contribution in [-0.2, 0) is 10.2 Å². The molecule has 2 fully saturated rings. The van der Waals surface area contributed by atoms with Gasteiger partial charge in [0.2, 0.25) is 0 Å². The molecule has 1 N–H and O–H groups in total. The van der Waals surface area contributed by atoms with Gasteiger partial charge in [0.1, 0.15) is 0 Å². The van der Waals surface area contributed by atoms with Gasteiger partial charge in [0.25, 0.3) is 0 Å². The molecular weight excluding hydrogens is 244 g/mol. The second-order valence-corrected chi connectivity index (χ2v) is 6.63. The van der Waals surface area contributed by atoms with Crippen molar-refractivity contribution in [3.63, 3.8) is 0 Å². The molecule has 104 valence electrons. The molecule has 0 radical (unpaired) electrons. The van der Waals surface area contributed by atoms with Gasteiger partial charge in [0, 0.05) is 17.7 Å². The van der Waals surface area contributed by atoms with Crippen molar-refractivity contribution in [1.29, 1.82) is 0 Å². The quantitative estimate of drug-likeness (QED) is 0.890. The van der Waals surface area contributed by atoms with Crippen LogP contribution < -0.4 is 0 Å². The maximum atomic E-state index is 11.2. The standard InChI is InChI=1S/C14H20N2O3/c1-13(2,3)11-8-9(12(17)18)15-16(11)10-4-7-19-14(10)5-6-14/h8,10H,4-7H2,1-3H3,(H,17,18). The van der Waals surface area contributed by atoms with E-state index in [1.807, 2.05) is 4.68 Å². The molecule has 1 atom stereocenters. The Morgan fingerprint density at radius 2 is 2.21 bits per heavy atom. The Kier molecular flexibility index (Phi) is 2.55. The first-order chi connectivity index (χ1) is 8.83. The van der Waals surface area contributed by atoms with Crippen molar-refractivity contribution >= 4 is 5.97 Å². The Labute approximate surface area is 112 Å². The molecule has 1 aromatic heterocycles. The Hall–Kier alpha value is -1.36. The first-order valence-electron chi connectivity index (χ1n) is 6.81. The topological polar surface area (TPSA) is 64.3 Å². The third-order valence-corrected chi connectivity index (χ3v) is 4.15. The fourth-order valence-corrected chi connectivity index (χ4v) is 2.98. The molecule has 2 aliphatic rings. The molecule has 2 heterocycles. The highest BCUT2D eigenvalue weighted by Crippen LogP contribution is 2.54. The van der Waals surface area contributed by atoms with Crippen LogP contribution in [0.4, 0.5) is 0 Å². The predicted octanol–water partition coefficient (Wildman–Crippen LogP) is 2.37. The first-order valence-corrected chi connectivity index (χ1v) is 6.81. The van der Waals surface area contributed by atoms with Crippen molar-refractivity contribution in [3.8, 4) is 0 Å². The van der Waals surface area contributed by atoms with Gasteiger partial charge in [0.15, 0.2) is 5.69 Å². The largest absolute Gasteiger partial charge is 0.476 e. The minimum absolute atomic E-state index is 0.0677. The molecule has 0 amide bonds. The van der Waals surface area contributed by atoms with Gasteiger partial charge >= 0.3 is 5.97 Å². The van der Waals surface area contributed by atoms with Crippen LogP contribution in [0.3, 0.4) is 0 Å². The molecule has 5 heteroatoms. The molecular formula is C14H20N2O3. The number of carbonyl (C=O) groups is 1. The van der Waals surface area contributed by atoms with Gasteiger partial charge in [-0.15, -0.1) is 0 Å². The average Bonchev–Trinajstić information content (AvgIpc) is 2.73. The summed E-state index contributed by atoms with van der Waals surface area (Å²) in [5.74, 6) is -0.965. The maximum Gasteiger partial charge on any atom is 0.356 e. The summed E-state index contributed by atoms with van der Waals surface area (Å²) in [6.07, 6.45) is 3.04. The molecule has 1 saturated heterocycles. The van der Waals surface area contributed by atoms with E-state index in [2.05, 4.69) is 25.9 Å². The van der Waals surface area contributed by atoms with Crippen molar-refractivity contribution in [1.82, 2.24) is 9.78 Å². The number of hydrogen-bond donors (Lipinski definition) is 1. The summed E-state index contributed by atoms with van der Waals surface area (Å²) < 4.78 is 7.77. The maximum absolute atomic E-state index is 11.2. The summed E-state index contributed by atoms with van der Waals surface area (Å²) in [4.78, 5) is 11.2. The lowest BCUT2D eigenvalue weighted by atomic mass is 9.91. The van der Waals surface area contributed by atoms with Crippen LogP contribution in [-0.4, -0.2) is 33.1 Å². The van der Waals surface area contributed by atoms with Gasteiger partial charge in [-0.3, -0.25) is 4.68 Å². The van der Waals surface area contributed by atoms with E-state index in [-0.39, 0.29) is 22.8 Å². The third kappa shape index (κ3) is 1.96. The van der Waals surface area contributed by atoms with Gasteiger partial charge in [-0.1, -0.05) is 20.8 Å². The van der Waals surface area contributed by atoms with Crippen molar-refractivity contribution in [2.75, 3.05) is 6.61 Å². The highest BCUT2D eigenvalue weighted by molar-refractivity contribution is 5.85. The van der Waals surface area contributed by atoms with E-state index in [4.69, 9.17) is 9.84 Å². The molecule has 1 saturated carbocycles. The predicted molar refractivity (Wildman–Crippen MR) is 69.5 cm³/mol. The van der Waals surface area contributed by atoms with E-state index in [0.717, 1.165) is 31.6 Å². The molecule has 3 rings (SSSR count). The molecule has 0 aromatic carbocycles. The Bertz CT molecular complexity index is 523. The van der Waals surface area contributed by atoms with Crippen molar-refractivity contribution < 1.29 is 14.6 Å². The molecule has 1 aliphatic carbocycles. The summed E-state index contributed by atoms with van der Waals surface area (Å²) in [5.41, 5.74) is 0.917. The van der Waals surface area contributed by atoms with E-state index in [1.54, 1.807) is 6.07 Å². The zero-order valence-corrected chi connectivity index (χ0v) is 11.6. The van der Waals surface area contributed by atoms with Gasteiger partial charge in [-0.25, -0.2) is 4.79 Å². The van der Waals surface area contributed by atoms with E-state index < -0.39 is 5.97 Å². The van der Waals surface area contributed by atoms with Crippen LogP contribution >= 0.6 is 0 Å². The minimum atomic E-state index is -0.965. The smallest absolute Gasteiger partial charge is 0.356 e. The highest BCUT2D eigenvalue weighted by atomic mass is 16.5. The molecule has 5 nitrogen and oxygen atoms in total. The van der Waals surface area contributed by atoms with Gasteiger partial charge in [-0.05, 0) is 25.3 Å². The first kappa shape index (κ1) is 12.7. The van der Waals surface area contributed by atoms with Crippen LogP contribution in [0.15, 0.2) is 6.07 Å². The number of rotatable bonds is 2. The van der Waals surface area contributed by atoms with Crippen LogP contribution in [0.25, 0.3) is 0 Å². The summed E-state index contributed by atoms with van der Waals surface area (Å²) in [6, 6.07) is 1.89. The number of ether oxygens (including phenoxy) is 1. The third-order valence-electron chi connectivity index (χ3n) is 4.15. The SMILES string of the molecule is CC(C)(C)c1cc(C(=O)O)nn1C1CCOC12CC2. The van der Waals surface area contributed by atoms with E-state index in [1.165, 1.54) is 0 Å². The molecule has 1 aromatic rings. The second kappa shape index (κ2) is 3.82.